The summed E-state index contributed by atoms with van der Waals surface area (Å²) < 4.78 is 18.3. The van der Waals surface area contributed by atoms with Crippen molar-refractivity contribution < 1.29 is 18.7 Å². The molecule has 1 atom stereocenters. The predicted molar refractivity (Wildman–Crippen MR) is 52.2 cm³/mol. The molecule has 0 aliphatic rings. The molecule has 0 fully saturated rings. The van der Waals surface area contributed by atoms with E-state index >= 15 is 0 Å². The molecule has 0 aliphatic carbocycles. The first kappa shape index (κ1) is 9.71. The number of hydrogen-bond acceptors (Lipinski definition) is 2. The average molecular weight is 208 g/mol. The summed E-state index contributed by atoms with van der Waals surface area (Å²) in [5.41, 5.74) is 0.800. The Morgan fingerprint density at radius 1 is 1.53 bits per heavy atom. The number of halogens is 1. The second kappa shape index (κ2) is 3.38. The Balaban J connectivity index is 2.67. The fourth-order valence-corrected chi connectivity index (χ4v) is 1.53. The van der Waals surface area contributed by atoms with Crippen LogP contribution in [0.1, 0.15) is 18.4 Å². The van der Waals surface area contributed by atoms with Crippen molar-refractivity contribution in [3.63, 3.8) is 0 Å². The predicted octanol–water partition coefficient (Wildman–Crippen LogP) is 2.76. The summed E-state index contributed by atoms with van der Waals surface area (Å²) in [4.78, 5) is 10.8. The smallest absolute Gasteiger partial charge is 0.310 e. The number of carboxylic acid groups (broad SMARTS) is 1. The van der Waals surface area contributed by atoms with Crippen molar-refractivity contribution in [1.82, 2.24) is 0 Å². The van der Waals surface area contributed by atoms with E-state index in [2.05, 4.69) is 0 Å². The van der Waals surface area contributed by atoms with Gasteiger partial charge in [0, 0.05) is 10.9 Å². The van der Waals surface area contributed by atoms with Crippen molar-refractivity contribution in [3.05, 3.63) is 35.8 Å². The van der Waals surface area contributed by atoms with E-state index in [0.29, 0.717) is 16.5 Å². The molecule has 15 heavy (non-hydrogen) atoms. The lowest BCUT2D eigenvalue weighted by molar-refractivity contribution is -0.138. The lowest BCUT2D eigenvalue weighted by atomic mass is 9.99. The van der Waals surface area contributed by atoms with Crippen molar-refractivity contribution in [2.75, 3.05) is 0 Å². The van der Waals surface area contributed by atoms with E-state index in [1.165, 1.54) is 25.3 Å². The van der Waals surface area contributed by atoms with Gasteiger partial charge in [-0.25, -0.2) is 4.39 Å². The van der Waals surface area contributed by atoms with Gasteiger partial charge in [0.2, 0.25) is 0 Å². The summed E-state index contributed by atoms with van der Waals surface area (Å²) in [5, 5.41) is 9.44. The van der Waals surface area contributed by atoms with Gasteiger partial charge in [-0.15, -0.1) is 0 Å². The topological polar surface area (TPSA) is 50.4 Å². The zero-order valence-corrected chi connectivity index (χ0v) is 8.03. The van der Waals surface area contributed by atoms with Gasteiger partial charge < -0.3 is 9.52 Å². The molecular weight excluding hydrogens is 199 g/mol. The highest BCUT2D eigenvalue weighted by Gasteiger charge is 2.19. The number of hydrogen-bond donors (Lipinski definition) is 1. The van der Waals surface area contributed by atoms with Crippen LogP contribution in [0.15, 0.2) is 28.9 Å². The Labute approximate surface area is 85.1 Å². The molecule has 2 rings (SSSR count). The van der Waals surface area contributed by atoms with Crippen molar-refractivity contribution in [1.29, 1.82) is 0 Å². The summed E-state index contributed by atoms with van der Waals surface area (Å²) in [6.07, 6.45) is 1.42. The van der Waals surface area contributed by atoms with Gasteiger partial charge in [0.05, 0.1) is 12.2 Å². The monoisotopic (exact) mass is 208 g/mol. The number of rotatable bonds is 2. The molecule has 4 heteroatoms. The number of fused-ring (bicyclic) bond motifs is 1. The van der Waals surface area contributed by atoms with Crippen molar-refractivity contribution in [2.45, 2.75) is 12.8 Å². The Hall–Kier alpha value is -1.84. The van der Waals surface area contributed by atoms with Gasteiger partial charge in [-0.2, -0.15) is 0 Å². The van der Waals surface area contributed by atoms with Crippen LogP contribution in [0.3, 0.4) is 0 Å². The molecule has 2 aromatic rings. The quantitative estimate of drug-likeness (QED) is 0.825. The van der Waals surface area contributed by atoms with E-state index in [1.54, 1.807) is 6.07 Å². The summed E-state index contributed by atoms with van der Waals surface area (Å²) in [7, 11) is 0. The molecule has 0 saturated heterocycles. The molecule has 0 spiro atoms. The highest BCUT2D eigenvalue weighted by molar-refractivity contribution is 5.86. The summed E-state index contributed by atoms with van der Waals surface area (Å²) in [6.45, 7) is 1.50. The molecule has 78 valence electrons. The van der Waals surface area contributed by atoms with Gasteiger partial charge in [0.15, 0.2) is 0 Å². The zero-order valence-electron chi connectivity index (χ0n) is 8.03. The minimum Gasteiger partial charge on any atom is -0.481 e. The maximum absolute atomic E-state index is 13.2. The fraction of sp³-hybridized carbons (Fsp3) is 0.182. The normalized spacial score (nSPS) is 12.9. The molecule has 1 unspecified atom stereocenters. The standard InChI is InChI=1S/C11H9FO3/c1-6(11(13)14)9-5-8(12)4-7-2-3-15-10(7)9/h2-6H,1H3,(H,13,14). The van der Waals surface area contributed by atoms with Gasteiger partial charge in [-0.05, 0) is 25.1 Å². The summed E-state index contributed by atoms with van der Waals surface area (Å²) in [6, 6.07) is 4.12. The summed E-state index contributed by atoms with van der Waals surface area (Å²) >= 11 is 0. The molecule has 1 heterocycles. The molecule has 1 aromatic heterocycles. The van der Waals surface area contributed by atoms with E-state index in [1.807, 2.05) is 0 Å². The first-order valence-electron chi connectivity index (χ1n) is 4.49. The first-order valence-corrected chi connectivity index (χ1v) is 4.49. The molecule has 0 aliphatic heterocycles. The van der Waals surface area contributed by atoms with Crippen LogP contribution >= 0.6 is 0 Å². The van der Waals surface area contributed by atoms with Crippen molar-refractivity contribution >= 4 is 16.9 Å². The third-order valence-corrected chi connectivity index (χ3v) is 2.38. The van der Waals surface area contributed by atoms with Crippen LogP contribution in [0.25, 0.3) is 11.0 Å². The van der Waals surface area contributed by atoms with Crippen LogP contribution in [0.5, 0.6) is 0 Å². The minimum absolute atomic E-state index is 0.363. The highest BCUT2D eigenvalue weighted by atomic mass is 19.1. The largest absolute Gasteiger partial charge is 0.481 e. The Bertz CT molecular complexity index is 516. The van der Waals surface area contributed by atoms with Crippen molar-refractivity contribution in [2.24, 2.45) is 0 Å². The highest BCUT2D eigenvalue weighted by Crippen LogP contribution is 2.27. The third kappa shape index (κ3) is 1.58. The lowest BCUT2D eigenvalue weighted by Gasteiger charge is -2.07. The Morgan fingerprint density at radius 3 is 2.93 bits per heavy atom. The Kier molecular flexibility index (Phi) is 2.19. The maximum atomic E-state index is 13.2. The molecule has 1 N–H and O–H groups in total. The maximum Gasteiger partial charge on any atom is 0.310 e. The van der Waals surface area contributed by atoms with Gasteiger partial charge >= 0.3 is 5.97 Å². The number of furan rings is 1. The summed E-state index contributed by atoms with van der Waals surface area (Å²) in [5.74, 6) is -2.24. The average Bonchev–Trinajstić information content (AvgIpc) is 2.62. The fourth-order valence-electron chi connectivity index (χ4n) is 1.53. The Morgan fingerprint density at radius 2 is 2.27 bits per heavy atom. The van der Waals surface area contributed by atoms with Crippen LogP contribution in [-0.4, -0.2) is 11.1 Å². The van der Waals surface area contributed by atoms with Crippen LogP contribution in [0.4, 0.5) is 4.39 Å². The van der Waals surface area contributed by atoms with Crippen LogP contribution < -0.4 is 0 Å². The number of carboxylic acids is 1. The third-order valence-electron chi connectivity index (χ3n) is 2.38. The number of carbonyl (C=O) groups is 1. The molecule has 0 bridgehead atoms. The number of benzene rings is 1. The molecule has 0 saturated carbocycles. The van der Waals surface area contributed by atoms with Gasteiger partial charge in [-0.3, -0.25) is 4.79 Å². The van der Waals surface area contributed by atoms with Crippen LogP contribution in [0.2, 0.25) is 0 Å². The van der Waals surface area contributed by atoms with E-state index in [-0.39, 0.29) is 0 Å². The van der Waals surface area contributed by atoms with Gasteiger partial charge in [0.1, 0.15) is 11.4 Å². The molecular formula is C11H9FO3. The van der Waals surface area contributed by atoms with E-state index in [4.69, 9.17) is 9.52 Å². The molecule has 0 amide bonds. The van der Waals surface area contributed by atoms with E-state index in [9.17, 15) is 9.18 Å². The molecule has 1 aromatic carbocycles. The minimum atomic E-state index is -1.00. The zero-order chi connectivity index (χ0) is 11.0. The van der Waals surface area contributed by atoms with Gasteiger partial charge in [0.25, 0.3) is 0 Å². The van der Waals surface area contributed by atoms with E-state index < -0.39 is 17.7 Å². The van der Waals surface area contributed by atoms with Crippen molar-refractivity contribution in [3.8, 4) is 0 Å². The second-order valence-electron chi connectivity index (χ2n) is 3.39. The van der Waals surface area contributed by atoms with Crippen LogP contribution in [0, 0.1) is 5.82 Å². The molecule has 3 nitrogen and oxygen atoms in total. The molecule has 0 radical (unpaired) electrons. The second-order valence-corrected chi connectivity index (χ2v) is 3.39. The SMILES string of the molecule is CC(C(=O)O)c1cc(F)cc2ccoc12. The first-order chi connectivity index (χ1) is 7.09. The van der Waals surface area contributed by atoms with Gasteiger partial charge in [-0.1, -0.05) is 0 Å². The lowest BCUT2D eigenvalue weighted by Crippen LogP contribution is -2.07. The number of aliphatic carboxylic acids is 1. The van der Waals surface area contributed by atoms with Crippen LogP contribution in [-0.2, 0) is 4.79 Å². The van der Waals surface area contributed by atoms with E-state index in [0.717, 1.165) is 0 Å².